The number of aromatic carboxylic acids is 1. The molecule has 0 aromatic heterocycles. The fourth-order valence-electron chi connectivity index (χ4n) is 2.33. The van der Waals surface area contributed by atoms with Gasteiger partial charge in [0.05, 0.1) is 14.2 Å². The Kier molecular flexibility index (Phi) is 6.14. The molecule has 6 heteroatoms. The minimum atomic E-state index is -1.31. The van der Waals surface area contributed by atoms with E-state index >= 15 is 0 Å². The summed E-state index contributed by atoms with van der Waals surface area (Å²) >= 11 is 0. The number of carboxylic acid groups (broad SMARTS) is 1. The second kappa shape index (κ2) is 7.61. The molecule has 0 spiro atoms. The number of unbranched alkanes of at least 4 members (excludes halogenated alkanes) is 3. The van der Waals surface area contributed by atoms with Crippen LogP contribution in [0.2, 0.25) is 0 Å². The summed E-state index contributed by atoms with van der Waals surface area (Å²) in [6, 6.07) is 0. The van der Waals surface area contributed by atoms with Gasteiger partial charge >= 0.3 is 5.97 Å². The highest BCUT2D eigenvalue weighted by atomic mass is 16.5. The molecule has 0 atom stereocenters. The van der Waals surface area contributed by atoms with E-state index in [1.807, 2.05) is 0 Å². The lowest BCUT2D eigenvalue weighted by molar-refractivity contribution is 0.0690. The van der Waals surface area contributed by atoms with Crippen molar-refractivity contribution in [3.05, 3.63) is 11.1 Å². The number of phenols is 2. The number of carboxylic acids is 1. The maximum atomic E-state index is 11.4. The van der Waals surface area contributed by atoms with E-state index in [2.05, 4.69) is 6.92 Å². The highest BCUT2D eigenvalue weighted by Gasteiger charge is 2.28. The number of hydrogen-bond donors (Lipinski definition) is 3. The van der Waals surface area contributed by atoms with Crippen LogP contribution in [0.1, 0.15) is 48.5 Å². The van der Waals surface area contributed by atoms with Crippen LogP contribution >= 0.6 is 0 Å². The van der Waals surface area contributed by atoms with Gasteiger partial charge in [-0.25, -0.2) is 4.79 Å². The zero-order chi connectivity index (χ0) is 16.0. The number of benzene rings is 1. The Bertz CT molecular complexity index is 510. The molecule has 0 bridgehead atoms. The Labute approximate surface area is 123 Å². The van der Waals surface area contributed by atoms with Crippen LogP contribution in [0.15, 0.2) is 0 Å². The molecule has 0 unspecified atom stereocenters. The first kappa shape index (κ1) is 16.9. The minimum absolute atomic E-state index is 0.0505. The van der Waals surface area contributed by atoms with Crippen molar-refractivity contribution < 1.29 is 29.6 Å². The summed E-state index contributed by atoms with van der Waals surface area (Å²) in [7, 11) is 2.69. The molecule has 0 aliphatic rings. The summed E-state index contributed by atoms with van der Waals surface area (Å²) < 4.78 is 10.2. The van der Waals surface area contributed by atoms with Crippen LogP contribution in [-0.2, 0) is 6.42 Å². The third kappa shape index (κ3) is 3.51. The second-order valence-corrected chi connectivity index (χ2v) is 4.73. The topological polar surface area (TPSA) is 96.2 Å². The summed E-state index contributed by atoms with van der Waals surface area (Å²) in [4.78, 5) is 11.4. The smallest absolute Gasteiger partial charge is 0.340 e. The van der Waals surface area contributed by atoms with Crippen molar-refractivity contribution in [2.45, 2.75) is 39.0 Å². The van der Waals surface area contributed by atoms with Gasteiger partial charge in [0.1, 0.15) is 5.56 Å². The van der Waals surface area contributed by atoms with E-state index in [-0.39, 0.29) is 17.1 Å². The van der Waals surface area contributed by atoms with Crippen molar-refractivity contribution in [2.24, 2.45) is 0 Å². The van der Waals surface area contributed by atoms with E-state index in [0.717, 1.165) is 25.7 Å². The van der Waals surface area contributed by atoms with Gasteiger partial charge in [0.15, 0.2) is 11.5 Å². The Balaban J connectivity index is 3.34. The molecule has 0 radical (unpaired) electrons. The van der Waals surface area contributed by atoms with Crippen molar-refractivity contribution >= 4 is 5.97 Å². The SMILES string of the molecule is CCCCCCc1c(OC)c(OC)c(O)c(O)c1C(=O)O. The van der Waals surface area contributed by atoms with E-state index in [0.29, 0.717) is 12.0 Å². The van der Waals surface area contributed by atoms with Crippen molar-refractivity contribution in [3.63, 3.8) is 0 Å². The van der Waals surface area contributed by atoms with Gasteiger partial charge in [0.2, 0.25) is 11.5 Å². The summed E-state index contributed by atoms with van der Waals surface area (Å²) in [5.74, 6) is -2.52. The van der Waals surface area contributed by atoms with Crippen LogP contribution in [0, 0.1) is 0 Å². The van der Waals surface area contributed by atoms with E-state index in [1.165, 1.54) is 14.2 Å². The summed E-state index contributed by atoms with van der Waals surface area (Å²) in [5, 5.41) is 29.1. The van der Waals surface area contributed by atoms with Gasteiger partial charge in [0.25, 0.3) is 0 Å². The van der Waals surface area contributed by atoms with Gasteiger partial charge in [-0.2, -0.15) is 0 Å². The highest BCUT2D eigenvalue weighted by molar-refractivity contribution is 5.95. The molecule has 1 aromatic carbocycles. The molecule has 0 aliphatic heterocycles. The first-order valence-electron chi connectivity index (χ1n) is 6.91. The molecule has 1 rings (SSSR count). The standard InChI is InChI=1S/C15H22O6/c1-4-5-6-7-8-9-10(15(18)19)11(16)12(17)14(21-3)13(9)20-2/h16-17H,4-8H2,1-3H3,(H,18,19). The molecular formula is C15H22O6. The fraction of sp³-hybridized carbons (Fsp3) is 0.533. The Hall–Kier alpha value is -2.11. The number of aromatic hydroxyl groups is 2. The third-order valence-corrected chi connectivity index (χ3v) is 3.36. The molecular weight excluding hydrogens is 276 g/mol. The summed E-state index contributed by atoms with van der Waals surface area (Å²) in [5.41, 5.74) is 0.00917. The average Bonchev–Trinajstić information content (AvgIpc) is 2.45. The number of methoxy groups -OCH3 is 2. The Morgan fingerprint density at radius 1 is 1.00 bits per heavy atom. The third-order valence-electron chi connectivity index (χ3n) is 3.36. The molecule has 0 aliphatic carbocycles. The zero-order valence-corrected chi connectivity index (χ0v) is 12.6. The van der Waals surface area contributed by atoms with Crippen molar-refractivity contribution in [1.82, 2.24) is 0 Å². The zero-order valence-electron chi connectivity index (χ0n) is 12.6. The average molecular weight is 298 g/mol. The molecule has 1 aromatic rings. The molecule has 0 heterocycles. The lowest BCUT2D eigenvalue weighted by Gasteiger charge is -2.18. The molecule has 3 N–H and O–H groups in total. The predicted molar refractivity (Wildman–Crippen MR) is 77.7 cm³/mol. The van der Waals surface area contributed by atoms with Crippen molar-refractivity contribution in [3.8, 4) is 23.0 Å². The largest absolute Gasteiger partial charge is 0.504 e. The number of rotatable bonds is 8. The summed E-state index contributed by atoms with van der Waals surface area (Å²) in [6.07, 6.45) is 4.24. The summed E-state index contributed by atoms with van der Waals surface area (Å²) in [6.45, 7) is 2.08. The molecule has 118 valence electrons. The number of ether oxygens (including phenoxy) is 2. The number of phenolic OH excluding ortho intramolecular Hbond substituents is 1. The second-order valence-electron chi connectivity index (χ2n) is 4.73. The van der Waals surface area contributed by atoms with E-state index in [9.17, 15) is 20.1 Å². The van der Waals surface area contributed by atoms with Gasteiger partial charge in [-0.3, -0.25) is 0 Å². The molecule has 0 saturated carbocycles. The molecule has 0 saturated heterocycles. The van der Waals surface area contributed by atoms with Crippen LogP contribution in [0.3, 0.4) is 0 Å². The van der Waals surface area contributed by atoms with Crippen molar-refractivity contribution in [1.29, 1.82) is 0 Å². The Morgan fingerprint density at radius 2 is 1.62 bits per heavy atom. The first-order valence-corrected chi connectivity index (χ1v) is 6.91. The van der Waals surface area contributed by atoms with E-state index < -0.39 is 17.5 Å². The molecule has 6 nitrogen and oxygen atoms in total. The normalized spacial score (nSPS) is 10.4. The Morgan fingerprint density at radius 3 is 2.10 bits per heavy atom. The van der Waals surface area contributed by atoms with Crippen molar-refractivity contribution in [2.75, 3.05) is 14.2 Å². The molecule has 21 heavy (non-hydrogen) atoms. The monoisotopic (exact) mass is 298 g/mol. The van der Waals surface area contributed by atoms with Crippen LogP contribution in [-0.4, -0.2) is 35.5 Å². The van der Waals surface area contributed by atoms with Crippen LogP contribution in [0.4, 0.5) is 0 Å². The van der Waals surface area contributed by atoms with E-state index in [1.54, 1.807) is 0 Å². The molecule has 0 fully saturated rings. The first-order chi connectivity index (χ1) is 9.99. The van der Waals surface area contributed by atoms with Crippen LogP contribution < -0.4 is 9.47 Å². The lowest BCUT2D eigenvalue weighted by Crippen LogP contribution is -2.07. The van der Waals surface area contributed by atoms with E-state index in [4.69, 9.17) is 9.47 Å². The van der Waals surface area contributed by atoms with Gasteiger partial charge in [-0.15, -0.1) is 0 Å². The van der Waals surface area contributed by atoms with Crippen LogP contribution in [0.25, 0.3) is 0 Å². The van der Waals surface area contributed by atoms with Crippen LogP contribution in [0.5, 0.6) is 23.0 Å². The molecule has 0 amide bonds. The minimum Gasteiger partial charge on any atom is -0.504 e. The maximum Gasteiger partial charge on any atom is 0.340 e. The van der Waals surface area contributed by atoms with Gasteiger partial charge < -0.3 is 24.8 Å². The lowest BCUT2D eigenvalue weighted by atomic mass is 9.97. The fourth-order valence-corrected chi connectivity index (χ4v) is 2.33. The number of carbonyl (C=O) groups is 1. The maximum absolute atomic E-state index is 11.4. The predicted octanol–water partition coefficient (Wildman–Crippen LogP) is 2.94. The van der Waals surface area contributed by atoms with Gasteiger partial charge in [0, 0.05) is 5.56 Å². The van der Waals surface area contributed by atoms with Gasteiger partial charge in [-0.05, 0) is 12.8 Å². The quantitative estimate of drug-likeness (QED) is 0.504. The highest BCUT2D eigenvalue weighted by Crippen LogP contribution is 2.48. The van der Waals surface area contributed by atoms with Gasteiger partial charge in [-0.1, -0.05) is 26.2 Å². The number of hydrogen-bond acceptors (Lipinski definition) is 5.